The molecule has 0 aliphatic heterocycles. The van der Waals surface area contributed by atoms with Crippen molar-refractivity contribution in [3.8, 4) is 28.2 Å². The van der Waals surface area contributed by atoms with Gasteiger partial charge in [0, 0.05) is 41.0 Å². The topological polar surface area (TPSA) is 151 Å². The van der Waals surface area contributed by atoms with Gasteiger partial charge in [-0.1, -0.05) is 50.9 Å². The van der Waals surface area contributed by atoms with Crippen LogP contribution >= 0.6 is 23.2 Å². The number of tetrazole rings is 1. The maximum absolute atomic E-state index is 12.1. The van der Waals surface area contributed by atoms with Gasteiger partial charge in [-0.05, 0) is 71.1 Å². The van der Waals surface area contributed by atoms with Crippen LogP contribution in [0.5, 0.6) is 0 Å². The molecule has 3 heterocycles. The molecule has 0 bridgehead atoms. The number of pyridine rings is 2. The van der Waals surface area contributed by atoms with E-state index in [0.29, 0.717) is 55.3 Å². The number of amides is 1. The van der Waals surface area contributed by atoms with Crippen LogP contribution in [0.4, 0.5) is 5.69 Å². The minimum Gasteiger partial charge on any atom is -0.465 e. The second-order valence-corrected chi connectivity index (χ2v) is 11.9. The Kier molecular flexibility index (Phi) is 11.9. The van der Waals surface area contributed by atoms with Gasteiger partial charge in [0.05, 0.1) is 52.5 Å². The van der Waals surface area contributed by atoms with Crippen molar-refractivity contribution in [2.75, 3.05) is 19.5 Å². The van der Waals surface area contributed by atoms with E-state index in [1.165, 1.54) is 20.4 Å². The number of anilines is 1. The van der Waals surface area contributed by atoms with Crippen LogP contribution in [-0.4, -0.2) is 62.2 Å². The number of nitrogens with zero attached hydrogens (tertiary/aromatic N) is 6. The van der Waals surface area contributed by atoms with Crippen molar-refractivity contribution in [3.05, 3.63) is 100 Å². The van der Waals surface area contributed by atoms with Crippen molar-refractivity contribution < 1.29 is 23.9 Å². The average Bonchev–Trinajstić information content (AvgIpc) is 3.59. The van der Waals surface area contributed by atoms with E-state index in [0.717, 1.165) is 5.56 Å². The van der Waals surface area contributed by atoms with Gasteiger partial charge in [0.15, 0.2) is 5.82 Å². The number of carbonyl (C=O) groups excluding carboxylic acids is 3. The molecule has 5 aromatic rings. The van der Waals surface area contributed by atoms with Gasteiger partial charge in [-0.15, -0.1) is 5.10 Å². The minimum atomic E-state index is -0.485. The number of nitrogens with one attached hydrogen (secondary N) is 1. The molecule has 2 aromatic carbocycles. The molecule has 5 rings (SSSR count). The Hall–Kier alpha value is -5.20. The summed E-state index contributed by atoms with van der Waals surface area (Å²) in [4.78, 5) is 44.4. The fourth-order valence-electron chi connectivity index (χ4n) is 4.32. The number of benzene rings is 2. The first kappa shape index (κ1) is 35.7. The summed E-state index contributed by atoms with van der Waals surface area (Å²) in [6.45, 7) is 7.57. The van der Waals surface area contributed by atoms with Gasteiger partial charge < -0.3 is 14.8 Å². The zero-order chi connectivity index (χ0) is 35.0. The van der Waals surface area contributed by atoms with Crippen LogP contribution in [0.3, 0.4) is 0 Å². The fourth-order valence-corrected chi connectivity index (χ4v) is 4.54. The first-order valence-corrected chi connectivity index (χ1v) is 15.5. The van der Waals surface area contributed by atoms with Crippen LogP contribution in [0.1, 0.15) is 60.2 Å². The normalized spacial score (nSPS) is 10.7. The largest absolute Gasteiger partial charge is 0.465 e. The van der Waals surface area contributed by atoms with Crippen LogP contribution in [0, 0.1) is 5.92 Å². The van der Waals surface area contributed by atoms with Crippen molar-refractivity contribution in [2.45, 2.75) is 33.6 Å². The van der Waals surface area contributed by atoms with Crippen molar-refractivity contribution >= 4 is 46.7 Å². The summed E-state index contributed by atoms with van der Waals surface area (Å²) in [6.07, 6.45) is 3.08. The van der Waals surface area contributed by atoms with E-state index in [2.05, 4.69) is 30.8 Å². The summed E-state index contributed by atoms with van der Waals surface area (Å²) < 4.78 is 11.2. The van der Waals surface area contributed by atoms with Gasteiger partial charge in [0.2, 0.25) is 5.91 Å². The summed E-state index contributed by atoms with van der Waals surface area (Å²) in [5.41, 5.74) is 4.62. The maximum Gasteiger partial charge on any atom is 0.337 e. The van der Waals surface area contributed by atoms with E-state index in [4.69, 9.17) is 32.7 Å². The number of ether oxygens (including phenoxy) is 2. The molecule has 3 aromatic heterocycles. The number of rotatable bonds is 8. The average molecular weight is 691 g/mol. The van der Waals surface area contributed by atoms with Crippen LogP contribution in [0.2, 0.25) is 10.0 Å². The summed E-state index contributed by atoms with van der Waals surface area (Å²) in [5.74, 6) is -0.432. The van der Waals surface area contributed by atoms with E-state index >= 15 is 0 Å². The lowest BCUT2D eigenvalue weighted by Gasteiger charge is -2.11. The van der Waals surface area contributed by atoms with Gasteiger partial charge in [-0.2, -0.15) is 4.68 Å². The Morgan fingerprint density at radius 3 is 1.77 bits per heavy atom. The van der Waals surface area contributed by atoms with E-state index < -0.39 is 11.9 Å². The second-order valence-electron chi connectivity index (χ2n) is 11.0. The monoisotopic (exact) mass is 689 g/mol. The van der Waals surface area contributed by atoms with Gasteiger partial charge in [-0.3, -0.25) is 14.8 Å². The molecule has 0 fully saturated rings. The van der Waals surface area contributed by atoms with Crippen molar-refractivity contribution in [2.24, 2.45) is 5.92 Å². The predicted octanol–water partition coefficient (Wildman–Crippen LogP) is 7.07. The third-order valence-corrected chi connectivity index (χ3v) is 7.23. The Bertz CT molecular complexity index is 1910. The molecular formula is C34H33Cl2N7O5. The Labute approximate surface area is 287 Å². The van der Waals surface area contributed by atoms with Crippen molar-refractivity contribution in [1.29, 1.82) is 0 Å². The Morgan fingerprint density at radius 1 is 0.750 bits per heavy atom. The van der Waals surface area contributed by atoms with Gasteiger partial charge in [0.1, 0.15) is 0 Å². The third kappa shape index (κ3) is 8.99. The van der Waals surface area contributed by atoms with Crippen LogP contribution in [0.25, 0.3) is 28.2 Å². The zero-order valence-electron chi connectivity index (χ0n) is 27.1. The highest BCUT2D eigenvalue weighted by Gasteiger charge is 2.17. The number of halogens is 2. The van der Waals surface area contributed by atoms with Crippen molar-refractivity contribution in [3.63, 3.8) is 0 Å². The van der Waals surface area contributed by atoms with Gasteiger partial charge in [0.25, 0.3) is 0 Å². The third-order valence-electron chi connectivity index (χ3n) is 6.79. The smallest absolute Gasteiger partial charge is 0.337 e. The van der Waals surface area contributed by atoms with Gasteiger partial charge in [-0.25, -0.2) is 9.59 Å². The summed E-state index contributed by atoms with van der Waals surface area (Å²) >= 11 is 11.7. The van der Waals surface area contributed by atoms with Crippen LogP contribution in [-0.2, 0) is 14.3 Å². The number of hydrogen-bond acceptors (Lipinski definition) is 10. The number of esters is 2. The van der Waals surface area contributed by atoms with E-state index in [-0.39, 0.29) is 17.7 Å². The molecule has 0 atom stereocenters. The van der Waals surface area contributed by atoms with Gasteiger partial charge >= 0.3 is 11.9 Å². The Morgan fingerprint density at radius 2 is 1.29 bits per heavy atom. The molecule has 0 saturated heterocycles. The number of aromatic nitrogens is 6. The van der Waals surface area contributed by atoms with Crippen molar-refractivity contribution in [1.82, 2.24) is 30.2 Å². The summed E-state index contributed by atoms with van der Waals surface area (Å²) in [5, 5.41) is 15.7. The molecule has 0 radical (unpaired) electrons. The number of hydrogen-bond donors (Lipinski definition) is 1. The molecule has 0 spiro atoms. The molecule has 1 N–H and O–H groups in total. The fraction of sp³-hybridized carbons (Fsp3) is 0.235. The molecule has 248 valence electrons. The highest BCUT2D eigenvalue weighted by atomic mass is 35.5. The molecule has 0 aliphatic carbocycles. The quantitative estimate of drug-likeness (QED) is 0.167. The molecular weight excluding hydrogens is 657 g/mol. The molecule has 1 amide bonds. The van der Waals surface area contributed by atoms with Crippen LogP contribution < -0.4 is 5.32 Å². The van der Waals surface area contributed by atoms with E-state index in [9.17, 15) is 14.4 Å². The zero-order valence-corrected chi connectivity index (χ0v) is 28.6. The first-order chi connectivity index (χ1) is 22.9. The molecule has 14 heteroatoms. The van der Waals surface area contributed by atoms with Crippen LogP contribution in [0.15, 0.2) is 73.1 Å². The number of carbonyl (C=O) groups is 3. The summed E-state index contributed by atoms with van der Waals surface area (Å²) in [6, 6.07) is 17.2. The summed E-state index contributed by atoms with van der Waals surface area (Å²) in [7, 11) is 2.65. The number of methoxy groups -OCH3 is 2. The minimum absolute atomic E-state index is 0.119. The lowest BCUT2D eigenvalue weighted by molar-refractivity contribution is -0.118. The highest BCUT2D eigenvalue weighted by molar-refractivity contribution is 6.30. The highest BCUT2D eigenvalue weighted by Crippen LogP contribution is 2.27. The Balaban J connectivity index is 0.000000218. The SMILES string of the molecule is COC(=O)c1cc(-c2ccc(Cl)cn2)cc(-n2nnnc2C(C)C)c1.COC(=O)c1cc(NC(=O)C(C)C)cc(-c2ccc(Cl)cn2)c1. The second kappa shape index (κ2) is 16.1. The molecule has 48 heavy (non-hydrogen) atoms. The molecule has 0 aliphatic rings. The lowest BCUT2D eigenvalue weighted by atomic mass is 10.1. The molecule has 12 nitrogen and oxygen atoms in total. The predicted molar refractivity (Wildman–Crippen MR) is 182 cm³/mol. The first-order valence-electron chi connectivity index (χ1n) is 14.7. The van der Waals surface area contributed by atoms with E-state index in [1.54, 1.807) is 79.3 Å². The standard InChI is InChI=1S/C17H16ClN5O2.C17H17ClN2O3/c1-10(2)16-20-21-22-23(16)14-7-11(6-12(8-14)17(24)25-3)15-5-4-13(18)9-19-15;1-10(2)16(21)20-14-7-11(6-12(8-14)17(22)23-3)15-5-4-13(18)9-19-15/h4-10H,1-3H3;4-10H,1-3H3,(H,20,21). The maximum atomic E-state index is 12.1. The molecule has 0 saturated carbocycles. The van der Waals surface area contributed by atoms with E-state index in [1.807, 2.05) is 19.9 Å². The molecule has 0 unspecified atom stereocenters. The lowest BCUT2D eigenvalue weighted by Crippen LogP contribution is -2.18.